The Labute approximate surface area is 185 Å². The summed E-state index contributed by atoms with van der Waals surface area (Å²) in [6.45, 7) is 2.66. The second-order valence-corrected chi connectivity index (χ2v) is 9.22. The summed E-state index contributed by atoms with van der Waals surface area (Å²) in [6, 6.07) is 14.9. The molecule has 1 atom stereocenters. The first-order chi connectivity index (χ1) is 15.5. The van der Waals surface area contributed by atoms with Gasteiger partial charge in [-0.25, -0.2) is 0 Å². The lowest BCUT2D eigenvalue weighted by Crippen LogP contribution is -2.59. The van der Waals surface area contributed by atoms with Crippen molar-refractivity contribution in [2.45, 2.75) is 37.1 Å². The number of hydrogen-bond donors (Lipinski definition) is 2. The minimum Gasteiger partial charge on any atom is -0.464 e. The number of hydrogen-bond acceptors (Lipinski definition) is 6. The van der Waals surface area contributed by atoms with E-state index in [0.717, 1.165) is 38.0 Å². The second kappa shape index (κ2) is 7.18. The third-order valence-corrected chi connectivity index (χ3v) is 7.06. The van der Waals surface area contributed by atoms with Gasteiger partial charge in [0.25, 0.3) is 5.91 Å². The van der Waals surface area contributed by atoms with E-state index in [2.05, 4.69) is 15.5 Å². The summed E-state index contributed by atoms with van der Waals surface area (Å²) >= 11 is 0. The van der Waals surface area contributed by atoms with E-state index in [1.165, 1.54) is 0 Å². The van der Waals surface area contributed by atoms with E-state index in [-0.39, 0.29) is 16.9 Å². The molecule has 2 spiro atoms. The van der Waals surface area contributed by atoms with Crippen LogP contribution < -0.4 is 16.1 Å². The molecular weight excluding hydrogens is 406 g/mol. The van der Waals surface area contributed by atoms with E-state index >= 15 is 0 Å². The van der Waals surface area contributed by atoms with Gasteiger partial charge in [0.05, 0.1) is 29.4 Å². The SMILES string of the molecule is O=C1NC2(COC3(CCN(Cc4coc5ccccc5c4=O)CC3)C2)Nc2ccccc21. The van der Waals surface area contributed by atoms with E-state index in [0.29, 0.717) is 35.2 Å². The van der Waals surface area contributed by atoms with E-state index in [4.69, 9.17) is 9.15 Å². The van der Waals surface area contributed by atoms with Gasteiger partial charge in [0.15, 0.2) is 5.43 Å². The average molecular weight is 431 g/mol. The standard InChI is InChI=1S/C25H25N3O4/c29-22-17(14-31-21-8-4-2-6-19(21)22)13-28-11-9-24(10-12-28)15-25(16-32-24)26-20-7-3-1-5-18(20)23(30)27-25/h1-8,14,26H,9-13,15-16H2,(H,27,30). The van der Waals surface area contributed by atoms with Crippen LogP contribution in [0.5, 0.6) is 0 Å². The van der Waals surface area contributed by atoms with Gasteiger partial charge in [-0.05, 0) is 37.1 Å². The van der Waals surface area contributed by atoms with Crippen molar-refractivity contribution < 1.29 is 13.9 Å². The summed E-state index contributed by atoms with van der Waals surface area (Å²) in [5.41, 5.74) is 2.04. The van der Waals surface area contributed by atoms with Gasteiger partial charge in [0.1, 0.15) is 11.2 Å². The number of rotatable bonds is 2. The minimum atomic E-state index is -0.562. The molecule has 0 aliphatic carbocycles. The van der Waals surface area contributed by atoms with Gasteiger partial charge < -0.3 is 19.8 Å². The highest BCUT2D eigenvalue weighted by Crippen LogP contribution is 2.43. The Bertz CT molecular complexity index is 1260. The molecule has 1 amide bonds. The van der Waals surface area contributed by atoms with Crippen LogP contribution in [0.15, 0.2) is 64.0 Å². The quantitative estimate of drug-likeness (QED) is 0.649. The number of carbonyl (C=O) groups excluding carboxylic acids is 1. The Morgan fingerprint density at radius 1 is 0.969 bits per heavy atom. The first-order valence-corrected chi connectivity index (χ1v) is 11.1. The summed E-state index contributed by atoms with van der Waals surface area (Å²) < 4.78 is 12.0. The number of nitrogens with zero attached hydrogens (tertiary/aromatic N) is 1. The smallest absolute Gasteiger partial charge is 0.255 e. The largest absolute Gasteiger partial charge is 0.464 e. The lowest BCUT2D eigenvalue weighted by atomic mass is 9.84. The number of piperidine rings is 1. The van der Waals surface area contributed by atoms with Crippen molar-refractivity contribution in [1.82, 2.24) is 10.2 Å². The molecule has 7 heteroatoms. The van der Waals surface area contributed by atoms with E-state index in [9.17, 15) is 9.59 Å². The van der Waals surface area contributed by atoms with Crippen LogP contribution in [-0.4, -0.2) is 41.8 Å². The number of amides is 1. The molecule has 2 saturated heterocycles. The number of anilines is 1. The molecule has 2 N–H and O–H groups in total. The molecule has 1 unspecified atom stereocenters. The summed E-state index contributed by atoms with van der Waals surface area (Å²) in [5, 5.41) is 7.30. The number of para-hydroxylation sites is 2. The molecule has 4 heterocycles. The minimum absolute atomic E-state index is 0.0380. The molecular formula is C25H25N3O4. The normalized spacial score (nSPS) is 24.4. The molecule has 3 aromatic rings. The highest BCUT2D eigenvalue weighted by atomic mass is 16.5. The maximum atomic E-state index is 12.8. The molecule has 1 aromatic heterocycles. The van der Waals surface area contributed by atoms with Gasteiger partial charge in [-0.2, -0.15) is 0 Å². The van der Waals surface area contributed by atoms with Crippen molar-refractivity contribution in [3.8, 4) is 0 Å². The second-order valence-electron chi connectivity index (χ2n) is 9.22. The first kappa shape index (κ1) is 19.5. The molecule has 164 valence electrons. The molecule has 2 fully saturated rings. The zero-order valence-corrected chi connectivity index (χ0v) is 17.7. The predicted octanol–water partition coefficient (Wildman–Crippen LogP) is 3.10. The van der Waals surface area contributed by atoms with Crippen molar-refractivity contribution >= 4 is 22.6 Å². The molecule has 3 aliphatic heterocycles. The fourth-order valence-corrected chi connectivity index (χ4v) is 5.36. The van der Waals surface area contributed by atoms with Crippen LogP contribution in [0.4, 0.5) is 5.69 Å². The van der Waals surface area contributed by atoms with Gasteiger partial charge in [0, 0.05) is 37.3 Å². The fraction of sp³-hybridized carbons (Fsp3) is 0.360. The van der Waals surface area contributed by atoms with Crippen molar-refractivity contribution in [3.63, 3.8) is 0 Å². The molecule has 0 radical (unpaired) electrons. The zero-order valence-electron chi connectivity index (χ0n) is 17.7. The number of benzene rings is 2. The Hall–Kier alpha value is -3.16. The van der Waals surface area contributed by atoms with Gasteiger partial charge in [-0.3, -0.25) is 14.5 Å². The Morgan fingerprint density at radius 3 is 2.62 bits per heavy atom. The van der Waals surface area contributed by atoms with Gasteiger partial charge in [-0.1, -0.05) is 24.3 Å². The van der Waals surface area contributed by atoms with Crippen LogP contribution in [0.25, 0.3) is 11.0 Å². The fourth-order valence-electron chi connectivity index (χ4n) is 5.36. The van der Waals surface area contributed by atoms with Crippen molar-refractivity contribution in [2.75, 3.05) is 25.0 Å². The van der Waals surface area contributed by atoms with Crippen LogP contribution in [0.3, 0.4) is 0 Å². The van der Waals surface area contributed by atoms with Gasteiger partial charge in [-0.15, -0.1) is 0 Å². The van der Waals surface area contributed by atoms with Crippen LogP contribution in [0.1, 0.15) is 35.2 Å². The highest BCUT2D eigenvalue weighted by Gasteiger charge is 2.53. The maximum absolute atomic E-state index is 12.8. The van der Waals surface area contributed by atoms with Crippen LogP contribution in [0.2, 0.25) is 0 Å². The molecule has 3 aliphatic rings. The van der Waals surface area contributed by atoms with E-state index in [1.807, 2.05) is 48.5 Å². The summed E-state index contributed by atoms with van der Waals surface area (Å²) in [4.78, 5) is 27.8. The molecule has 6 rings (SSSR count). The zero-order chi connectivity index (χ0) is 21.8. The Kier molecular flexibility index (Phi) is 4.38. The Morgan fingerprint density at radius 2 is 1.75 bits per heavy atom. The van der Waals surface area contributed by atoms with Crippen LogP contribution in [0, 0.1) is 0 Å². The number of carbonyl (C=O) groups is 1. The summed E-state index contributed by atoms with van der Waals surface area (Å²) in [5.74, 6) is -0.0551. The predicted molar refractivity (Wildman–Crippen MR) is 121 cm³/mol. The van der Waals surface area contributed by atoms with Crippen LogP contribution >= 0.6 is 0 Å². The van der Waals surface area contributed by atoms with E-state index < -0.39 is 5.66 Å². The van der Waals surface area contributed by atoms with Crippen molar-refractivity contribution in [3.05, 3.63) is 76.1 Å². The average Bonchev–Trinajstić information content (AvgIpc) is 3.14. The first-order valence-electron chi connectivity index (χ1n) is 11.1. The number of ether oxygens (including phenoxy) is 1. The highest BCUT2D eigenvalue weighted by molar-refractivity contribution is 6.02. The molecule has 7 nitrogen and oxygen atoms in total. The molecule has 0 bridgehead atoms. The topological polar surface area (TPSA) is 83.8 Å². The molecule has 2 aromatic carbocycles. The van der Waals surface area contributed by atoms with E-state index in [1.54, 1.807) is 6.26 Å². The number of nitrogens with one attached hydrogen (secondary N) is 2. The van der Waals surface area contributed by atoms with Crippen LogP contribution in [-0.2, 0) is 11.3 Å². The third-order valence-electron chi connectivity index (χ3n) is 7.06. The monoisotopic (exact) mass is 431 g/mol. The van der Waals surface area contributed by atoms with Gasteiger partial charge in [0.2, 0.25) is 0 Å². The lowest BCUT2D eigenvalue weighted by Gasteiger charge is -2.41. The molecule has 32 heavy (non-hydrogen) atoms. The third kappa shape index (κ3) is 3.20. The number of likely N-dealkylation sites (tertiary alicyclic amines) is 1. The summed E-state index contributed by atoms with van der Waals surface area (Å²) in [7, 11) is 0. The Balaban J connectivity index is 1.14. The van der Waals surface area contributed by atoms with Crippen molar-refractivity contribution in [1.29, 1.82) is 0 Å². The van der Waals surface area contributed by atoms with Gasteiger partial charge >= 0.3 is 0 Å². The number of fused-ring (bicyclic) bond motifs is 2. The maximum Gasteiger partial charge on any atom is 0.255 e. The summed E-state index contributed by atoms with van der Waals surface area (Å²) in [6.07, 6.45) is 4.03. The van der Waals surface area contributed by atoms with Crippen molar-refractivity contribution in [2.24, 2.45) is 0 Å². The molecule has 0 saturated carbocycles. The lowest BCUT2D eigenvalue weighted by molar-refractivity contribution is -0.0453.